The van der Waals surface area contributed by atoms with Crippen LogP contribution in [0, 0.1) is 13.8 Å². The number of aromatic amines is 1. The lowest BCUT2D eigenvalue weighted by molar-refractivity contribution is -0.110. The number of nitrogens with one attached hydrogen (secondary N) is 3. The van der Waals surface area contributed by atoms with Crippen molar-refractivity contribution in [1.82, 2.24) is 20.2 Å². The van der Waals surface area contributed by atoms with Crippen LogP contribution in [-0.2, 0) is 4.79 Å². The molecular weight excluding hydrogens is 354 g/mol. The Kier molecular flexibility index (Phi) is 5.94. The Hall–Kier alpha value is -2.93. The maximum atomic E-state index is 12.7. The zero-order valence-electron chi connectivity index (χ0n) is 16.8. The Morgan fingerprint density at radius 2 is 2.04 bits per heavy atom. The number of nitrogens with zero attached hydrogens (tertiary/aromatic N) is 2. The SMILES string of the molecule is CCN(CC)CCNC(=O)c1c(C)[nH]c(/C=C2\C(=O)Nc3cccnc32)c1C. The van der Waals surface area contributed by atoms with Crippen molar-refractivity contribution in [3.05, 3.63) is 46.5 Å². The standard InChI is InChI=1S/C21H27N5O2/c1-5-26(6-2)11-10-23-21(28)18-13(3)17(24-14(18)4)12-15-19-16(25-20(15)27)8-7-9-22-19/h7-9,12,24H,5-6,10-11H2,1-4H3,(H,23,28)(H,25,27)/b15-12-. The largest absolute Gasteiger partial charge is 0.358 e. The second-order valence-electron chi connectivity index (χ2n) is 6.86. The van der Waals surface area contributed by atoms with E-state index in [1.165, 1.54) is 0 Å². The van der Waals surface area contributed by atoms with E-state index in [0.29, 0.717) is 29.1 Å². The number of carbonyl (C=O) groups is 2. The number of anilines is 1. The predicted molar refractivity (Wildman–Crippen MR) is 111 cm³/mol. The molecule has 0 spiro atoms. The van der Waals surface area contributed by atoms with Crippen molar-refractivity contribution >= 4 is 29.2 Å². The summed E-state index contributed by atoms with van der Waals surface area (Å²) in [5.41, 5.74) is 4.81. The zero-order chi connectivity index (χ0) is 20.3. The van der Waals surface area contributed by atoms with Crippen LogP contribution < -0.4 is 10.6 Å². The molecule has 0 aromatic carbocycles. The Morgan fingerprint density at radius 1 is 1.29 bits per heavy atom. The molecule has 2 aromatic heterocycles. The fourth-order valence-corrected chi connectivity index (χ4v) is 3.51. The maximum absolute atomic E-state index is 12.7. The van der Waals surface area contributed by atoms with Crippen molar-refractivity contribution in [2.24, 2.45) is 0 Å². The minimum absolute atomic E-state index is 0.0996. The monoisotopic (exact) mass is 381 g/mol. The number of amides is 2. The summed E-state index contributed by atoms with van der Waals surface area (Å²) in [5, 5.41) is 5.81. The summed E-state index contributed by atoms with van der Waals surface area (Å²) in [5.74, 6) is -0.289. The molecule has 0 unspecified atom stereocenters. The molecular formula is C21H27N5O2. The van der Waals surface area contributed by atoms with Gasteiger partial charge < -0.3 is 20.5 Å². The number of fused-ring (bicyclic) bond motifs is 1. The summed E-state index contributed by atoms with van der Waals surface area (Å²) in [4.78, 5) is 34.8. The third-order valence-corrected chi connectivity index (χ3v) is 5.16. The normalized spacial score (nSPS) is 14.5. The van der Waals surface area contributed by atoms with Gasteiger partial charge in [0, 0.05) is 30.7 Å². The van der Waals surface area contributed by atoms with Crippen LogP contribution in [-0.4, -0.2) is 52.9 Å². The quantitative estimate of drug-likeness (QED) is 0.643. The number of hydrogen-bond acceptors (Lipinski definition) is 4. The first-order valence-electron chi connectivity index (χ1n) is 9.64. The second-order valence-corrected chi connectivity index (χ2v) is 6.86. The number of carbonyl (C=O) groups excluding carboxylic acids is 2. The van der Waals surface area contributed by atoms with Gasteiger partial charge in [-0.1, -0.05) is 13.8 Å². The third-order valence-electron chi connectivity index (χ3n) is 5.16. The van der Waals surface area contributed by atoms with E-state index >= 15 is 0 Å². The van der Waals surface area contributed by atoms with E-state index in [0.717, 1.165) is 36.6 Å². The van der Waals surface area contributed by atoms with Gasteiger partial charge in [-0.25, -0.2) is 0 Å². The first kappa shape index (κ1) is 19.8. The lowest BCUT2D eigenvalue weighted by Gasteiger charge is -2.18. The molecule has 7 nitrogen and oxygen atoms in total. The predicted octanol–water partition coefficient (Wildman–Crippen LogP) is 2.59. The van der Waals surface area contributed by atoms with E-state index in [2.05, 4.69) is 39.3 Å². The van der Waals surface area contributed by atoms with Gasteiger partial charge in [-0.15, -0.1) is 0 Å². The number of hydrogen-bond donors (Lipinski definition) is 3. The van der Waals surface area contributed by atoms with Crippen molar-refractivity contribution in [2.45, 2.75) is 27.7 Å². The molecule has 0 atom stereocenters. The van der Waals surface area contributed by atoms with Crippen LogP contribution in [0.4, 0.5) is 5.69 Å². The molecule has 3 heterocycles. The van der Waals surface area contributed by atoms with E-state index in [1.54, 1.807) is 18.3 Å². The Morgan fingerprint density at radius 3 is 2.75 bits per heavy atom. The maximum Gasteiger partial charge on any atom is 0.258 e. The van der Waals surface area contributed by atoms with Gasteiger partial charge >= 0.3 is 0 Å². The first-order chi connectivity index (χ1) is 13.5. The minimum atomic E-state index is -0.189. The molecule has 0 fully saturated rings. The molecule has 0 saturated heterocycles. The molecule has 0 radical (unpaired) electrons. The summed E-state index contributed by atoms with van der Waals surface area (Å²) in [6.07, 6.45) is 3.43. The molecule has 28 heavy (non-hydrogen) atoms. The molecule has 1 aliphatic rings. The van der Waals surface area contributed by atoms with Crippen molar-refractivity contribution in [2.75, 3.05) is 31.5 Å². The van der Waals surface area contributed by atoms with E-state index in [-0.39, 0.29) is 11.8 Å². The number of likely N-dealkylation sites (N-methyl/N-ethyl adjacent to an activating group) is 1. The molecule has 3 rings (SSSR count). The van der Waals surface area contributed by atoms with Gasteiger partial charge in [-0.2, -0.15) is 0 Å². The van der Waals surface area contributed by atoms with Gasteiger partial charge in [0.1, 0.15) is 0 Å². The molecule has 2 amide bonds. The van der Waals surface area contributed by atoms with E-state index in [1.807, 2.05) is 19.9 Å². The summed E-state index contributed by atoms with van der Waals surface area (Å²) in [7, 11) is 0. The fourth-order valence-electron chi connectivity index (χ4n) is 3.51. The van der Waals surface area contributed by atoms with Gasteiger partial charge in [0.2, 0.25) is 0 Å². The van der Waals surface area contributed by atoms with Crippen molar-refractivity contribution in [3.8, 4) is 0 Å². The van der Waals surface area contributed by atoms with Gasteiger partial charge in [-0.05, 0) is 50.7 Å². The minimum Gasteiger partial charge on any atom is -0.358 e. The van der Waals surface area contributed by atoms with Crippen LogP contribution in [0.25, 0.3) is 11.6 Å². The van der Waals surface area contributed by atoms with Crippen LogP contribution >= 0.6 is 0 Å². The highest BCUT2D eigenvalue weighted by atomic mass is 16.2. The van der Waals surface area contributed by atoms with Gasteiger partial charge in [0.25, 0.3) is 11.8 Å². The molecule has 0 bridgehead atoms. The van der Waals surface area contributed by atoms with E-state index < -0.39 is 0 Å². The number of aromatic nitrogens is 2. The number of rotatable bonds is 7. The number of pyridine rings is 1. The lowest BCUT2D eigenvalue weighted by atomic mass is 10.1. The summed E-state index contributed by atoms with van der Waals surface area (Å²) in [6, 6.07) is 3.61. The topological polar surface area (TPSA) is 90.1 Å². The highest BCUT2D eigenvalue weighted by Gasteiger charge is 2.26. The summed E-state index contributed by atoms with van der Waals surface area (Å²) >= 11 is 0. The molecule has 3 N–H and O–H groups in total. The Balaban J connectivity index is 1.81. The molecule has 148 valence electrons. The van der Waals surface area contributed by atoms with E-state index in [4.69, 9.17) is 0 Å². The Bertz CT molecular complexity index is 925. The summed E-state index contributed by atoms with van der Waals surface area (Å²) in [6.45, 7) is 11.3. The summed E-state index contributed by atoms with van der Waals surface area (Å²) < 4.78 is 0. The van der Waals surface area contributed by atoms with Gasteiger partial charge in [-0.3, -0.25) is 14.6 Å². The van der Waals surface area contributed by atoms with Crippen LogP contribution in [0.5, 0.6) is 0 Å². The molecule has 2 aromatic rings. The highest BCUT2D eigenvalue weighted by Crippen LogP contribution is 2.31. The van der Waals surface area contributed by atoms with Crippen molar-refractivity contribution < 1.29 is 9.59 Å². The van der Waals surface area contributed by atoms with E-state index in [9.17, 15) is 9.59 Å². The molecule has 1 aliphatic heterocycles. The number of aryl methyl sites for hydroxylation is 1. The highest BCUT2D eigenvalue weighted by molar-refractivity contribution is 6.34. The first-order valence-corrected chi connectivity index (χ1v) is 9.64. The second kappa shape index (κ2) is 8.39. The van der Waals surface area contributed by atoms with Crippen molar-refractivity contribution in [1.29, 1.82) is 0 Å². The Labute approximate surface area is 165 Å². The van der Waals surface area contributed by atoms with Crippen LogP contribution in [0.3, 0.4) is 0 Å². The average Bonchev–Trinajstić information content (AvgIpc) is 3.14. The molecule has 7 heteroatoms. The van der Waals surface area contributed by atoms with Crippen molar-refractivity contribution in [3.63, 3.8) is 0 Å². The average molecular weight is 381 g/mol. The smallest absolute Gasteiger partial charge is 0.258 e. The van der Waals surface area contributed by atoms with Crippen LogP contribution in [0.15, 0.2) is 18.3 Å². The lowest BCUT2D eigenvalue weighted by Crippen LogP contribution is -2.35. The molecule has 0 aliphatic carbocycles. The zero-order valence-corrected chi connectivity index (χ0v) is 16.8. The van der Waals surface area contributed by atoms with Gasteiger partial charge in [0.15, 0.2) is 0 Å². The van der Waals surface area contributed by atoms with Gasteiger partial charge in [0.05, 0.1) is 22.5 Å². The van der Waals surface area contributed by atoms with Crippen LogP contribution in [0.1, 0.15) is 46.9 Å². The number of H-pyrrole nitrogens is 1. The third kappa shape index (κ3) is 3.84. The van der Waals surface area contributed by atoms with Crippen LogP contribution in [0.2, 0.25) is 0 Å². The molecule has 0 saturated carbocycles. The fraction of sp³-hybridized carbons (Fsp3) is 0.381.